The maximum atomic E-state index is 11.3. The molecular formula is C8H13NO3. The van der Waals surface area contributed by atoms with Crippen molar-refractivity contribution in [3.8, 4) is 0 Å². The summed E-state index contributed by atoms with van der Waals surface area (Å²) in [5.41, 5.74) is -0.568. The Morgan fingerprint density at radius 1 is 1.75 bits per heavy atom. The normalized spacial score (nSPS) is 40.3. The summed E-state index contributed by atoms with van der Waals surface area (Å²) in [7, 11) is 3.44. The molecule has 0 aromatic rings. The van der Waals surface area contributed by atoms with Crippen LogP contribution in [0.5, 0.6) is 0 Å². The Balaban J connectivity index is 2.04. The van der Waals surface area contributed by atoms with Gasteiger partial charge >= 0.3 is 5.97 Å². The minimum atomic E-state index is -0.568. The molecule has 2 saturated heterocycles. The third-order valence-electron chi connectivity index (χ3n) is 2.69. The molecule has 2 aliphatic rings. The topological polar surface area (TPSA) is 42.1 Å². The minimum absolute atomic E-state index is 0.0729. The molecule has 0 bridgehead atoms. The lowest BCUT2D eigenvalue weighted by Crippen LogP contribution is -2.41. The van der Waals surface area contributed by atoms with E-state index in [0.29, 0.717) is 0 Å². The van der Waals surface area contributed by atoms with E-state index in [0.717, 1.165) is 19.5 Å². The van der Waals surface area contributed by atoms with Gasteiger partial charge in [-0.3, -0.25) is 0 Å². The van der Waals surface area contributed by atoms with Crippen LogP contribution in [-0.4, -0.2) is 49.8 Å². The zero-order chi connectivity index (χ0) is 8.77. The van der Waals surface area contributed by atoms with Crippen molar-refractivity contribution in [2.75, 3.05) is 27.2 Å². The Kier molecular flexibility index (Phi) is 1.63. The number of methoxy groups -OCH3 is 1. The van der Waals surface area contributed by atoms with E-state index in [-0.39, 0.29) is 12.1 Å². The van der Waals surface area contributed by atoms with Crippen molar-refractivity contribution in [2.45, 2.75) is 18.1 Å². The number of hydrogen-bond donors (Lipinski definition) is 0. The van der Waals surface area contributed by atoms with Crippen molar-refractivity contribution >= 4 is 5.97 Å². The van der Waals surface area contributed by atoms with Gasteiger partial charge in [-0.15, -0.1) is 0 Å². The van der Waals surface area contributed by atoms with Crippen LogP contribution in [0.2, 0.25) is 0 Å². The van der Waals surface area contributed by atoms with E-state index < -0.39 is 5.60 Å². The Bertz CT molecular complexity index is 218. The number of nitrogens with zero attached hydrogens (tertiary/aromatic N) is 1. The largest absolute Gasteiger partial charge is 0.467 e. The van der Waals surface area contributed by atoms with Crippen LogP contribution in [0.15, 0.2) is 0 Å². The first-order valence-corrected chi connectivity index (χ1v) is 4.14. The average molecular weight is 171 g/mol. The third kappa shape index (κ3) is 0.949. The van der Waals surface area contributed by atoms with Gasteiger partial charge in [0, 0.05) is 19.5 Å². The quantitative estimate of drug-likeness (QED) is 0.399. The van der Waals surface area contributed by atoms with E-state index >= 15 is 0 Å². The van der Waals surface area contributed by atoms with Gasteiger partial charge in [-0.2, -0.15) is 0 Å². The van der Waals surface area contributed by atoms with Crippen molar-refractivity contribution in [1.29, 1.82) is 0 Å². The first-order chi connectivity index (χ1) is 5.69. The van der Waals surface area contributed by atoms with Crippen LogP contribution in [0.3, 0.4) is 0 Å². The molecule has 0 amide bonds. The maximum absolute atomic E-state index is 11.3. The highest BCUT2D eigenvalue weighted by Gasteiger charge is 2.65. The standard InChI is InChI=1S/C8H13NO3/c1-9-4-3-8(7(10)11-2)6(5-9)12-8/h6H,3-5H2,1-2H3. The minimum Gasteiger partial charge on any atom is -0.467 e. The molecule has 68 valence electrons. The predicted molar refractivity (Wildman–Crippen MR) is 41.7 cm³/mol. The molecule has 2 aliphatic heterocycles. The molecule has 0 aliphatic carbocycles. The van der Waals surface area contributed by atoms with Gasteiger partial charge in [0.25, 0.3) is 0 Å². The van der Waals surface area contributed by atoms with E-state index in [1.165, 1.54) is 7.11 Å². The van der Waals surface area contributed by atoms with Gasteiger partial charge in [-0.1, -0.05) is 0 Å². The summed E-state index contributed by atoms with van der Waals surface area (Å²) in [6, 6.07) is 0. The number of likely N-dealkylation sites (tertiary alicyclic amines) is 1. The molecule has 2 atom stereocenters. The Labute approximate surface area is 71.4 Å². The van der Waals surface area contributed by atoms with Crippen molar-refractivity contribution < 1.29 is 14.3 Å². The molecule has 0 aromatic heterocycles. The zero-order valence-electron chi connectivity index (χ0n) is 7.37. The van der Waals surface area contributed by atoms with Crippen molar-refractivity contribution in [3.63, 3.8) is 0 Å². The molecule has 0 aromatic carbocycles. The second kappa shape index (κ2) is 2.44. The SMILES string of the molecule is COC(=O)C12CCN(C)CC1O2. The molecule has 0 N–H and O–H groups in total. The first kappa shape index (κ1) is 8.01. The molecule has 12 heavy (non-hydrogen) atoms. The summed E-state index contributed by atoms with van der Waals surface area (Å²) in [4.78, 5) is 13.4. The van der Waals surface area contributed by atoms with Gasteiger partial charge in [-0.05, 0) is 7.05 Å². The number of esters is 1. The van der Waals surface area contributed by atoms with Crippen molar-refractivity contribution in [3.05, 3.63) is 0 Å². The van der Waals surface area contributed by atoms with Crippen LogP contribution in [0.1, 0.15) is 6.42 Å². The number of fused-ring (bicyclic) bond motifs is 1. The number of likely N-dealkylation sites (N-methyl/N-ethyl adjacent to an activating group) is 1. The molecule has 2 heterocycles. The number of ether oxygens (including phenoxy) is 2. The molecule has 0 saturated carbocycles. The Hall–Kier alpha value is -0.610. The summed E-state index contributed by atoms with van der Waals surface area (Å²) in [5.74, 6) is -0.208. The van der Waals surface area contributed by atoms with Gasteiger partial charge < -0.3 is 14.4 Å². The molecule has 2 unspecified atom stereocenters. The second-order valence-corrected chi connectivity index (χ2v) is 3.50. The lowest BCUT2D eigenvalue weighted by atomic mass is 9.97. The molecule has 0 radical (unpaired) electrons. The molecule has 0 spiro atoms. The molecular weight excluding hydrogens is 158 g/mol. The maximum Gasteiger partial charge on any atom is 0.341 e. The van der Waals surface area contributed by atoms with Gasteiger partial charge in [0.1, 0.15) is 6.10 Å². The fraction of sp³-hybridized carbons (Fsp3) is 0.875. The second-order valence-electron chi connectivity index (χ2n) is 3.50. The van der Waals surface area contributed by atoms with E-state index in [1.54, 1.807) is 0 Å². The fourth-order valence-corrected chi connectivity index (χ4v) is 1.81. The third-order valence-corrected chi connectivity index (χ3v) is 2.69. The van der Waals surface area contributed by atoms with Crippen LogP contribution < -0.4 is 0 Å². The van der Waals surface area contributed by atoms with Gasteiger partial charge in [-0.25, -0.2) is 4.79 Å². The summed E-state index contributed by atoms with van der Waals surface area (Å²) in [6.45, 7) is 1.75. The van der Waals surface area contributed by atoms with E-state index in [2.05, 4.69) is 9.64 Å². The Morgan fingerprint density at radius 2 is 2.50 bits per heavy atom. The summed E-state index contributed by atoms with van der Waals surface area (Å²) in [5, 5.41) is 0. The van der Waals surface area contributed by atoms with Crippen molar-refractivity contribution in [2.24, 2.45) is 0 Å². The number of carbonyl (C=O) groups excluding carboxylic acids is 1. The van der Waals surface area contributed by atoms with Crippen LogP contribution >= 0.6 is 0 Å². The average Bonchev–Trinajstić information content (AvgIpc) is 2.78. The van der Waals surface area contributed by atoms with Gasteiger partial charge in [0.05, 0.1) is 7.11 Å². The molecule has 4 heteroatoms. The molecule has 2 rings (SSSR count). The highest BCUT2D eigenvalue weighted by Crippen LogP contribution is 2.43. The number of epoxide rings is 1. The van der Waals surface area contributed by atoms with Gasteiger partial charge in [0.15, 0.2) is 5.60 Å². The summed E-state index contributed by atoms with van der Waals surface area (Å²) < 4.78 is 10.1. The fourth-order valence-electron chi connectivity index (χ4n) is 1.81. The van der Waals surface area contributed by atoms with E-state index in [9.17, 15) is 4.79 Å². The molecule has 2 fully saturated rings. The first-order valence-electron chi connectivity index (χ1n) is 4.14. The summed E-state index contributed by atoms with van der Waals surface area (Å²) in [6.07, 6.45) is 0.838. The number of rotatable bonds is 1. The van der Waals surface area contributed by atoms with Gasteiger partial charge in [0.2, 0.25) is 0 Å². The van der Waals surface area contributed by atoms with E-state index in [4.69, 9.17) is 4.74 Å². The number of hydrogen-bond acceptors (Lipinski definition) is 4. The van der Waals surface area contributed by atoms with Crippen LogP contribution in [0.25, 0.3) is 0 Å². The van der Waals surface area contributed by atoms with E-state index in [1.807, 2.05) is 7.05 Å². The lowest BCUT2D eigenvalue weighted by molar-refractivity contribution is -0.147. The predicted octanol–water partition coefficient (Wildman–Crippen LogP) is -0.368. The molecule has 4 nitrogen and oxygen atoms in total. The highest BCUT2D eigenvalue weighted by molar-refractivity contribution is 5.83. The monoisotopic (exact) mass is 171 g/mol. The zero-order valence-corrected chi connectivity index (χ0v) is 7.37. The Morgan fingerprint density at radius 3 is 3.08 bits per heavy atom. The van der Waals surface area contributed by atoms with Crippen LogP contribution in [-0.2, 0) is 14.3 Å². The number of carbonyl (C=O) groups is 1. The smallest absolute Gasteiger partial charge is 0.341 e. The lowest BCUT2D eigenvalue weighted by Gasteiger charge is -2.22. The summed E-state index contributed by atoms with van der Waals surface area (Å²) >= 11 is 0. The van der Waals surface area contributed by atoms with Crippen LogP contribution in [0.4, 0.5) is 0 Å². The number of piperidine rings is 1. The van der Waals surface area contributed by atoms with Crippen molar-refractivity contribution in [1.82, 2.24) is 4.90 Å². The van der Waals surface area contributed by atoms with Crippen LogP contribution in [0, 0.1) is 0 Å². The highest BCUT2D eigenvalue weighted by atomic mass is 16.7.